The van der Waals surface area contributed by atoms with Crippen LogP contribution in [0.5, 0.6) is 0 Å². The van der Waals surface area contributed by atoms with E-state index in [1.807, 2.05) is 6.08 Å². The lowest BCUT2D eigenvalue weighted by Gasteiger charge is -2.58. The summed E-state index contributed by atoms with van der Waals surface area (Å²) in [4.78, 5) is 38.2. The van der Waals surface area contributed by atoms with Crippen LogP contribution in [0.4, 0.5) is 0 Å². The molecule has 5 rings (SSSR count). The van der Waals surface area contributed by atoms with Gasteiger partial charge in [0.05, 0.1) is 12.1 Å². The molecule has 4 heterocycles. The molecule has 128 valence electrons. The average molecular weight is 368 g/mol. The van der Waals surface area contributed by atoms with E-state index in [0.717, 1.165) is 5.57 Å². The molecular formula is C15H16N2O5S2. The van der Waals surface area contributed by atoms with Gasteiger partial charge >= 0.3 is 5.97 Å². The van der Waals surface area contributed by atoms with Crippen LogP contribution in [-0.4, -0.2) is 68.2 Å². The van der Waals surface area contributed by atoms with Crippen molar-refractivity contribution < 1.29 is 24.2 Å². The summed E-state index contributed by atoms with van der Waals surface area (Å²) in [5.41, 5.74) is 0.874. The molecule has 1 aliphatic carbocycles. The second-order valence-electron chi connectivity index (χ2n) is 6.29. The van der Waals surface area contributed by atoms with Crippen LogP contribution in [-0.2, 0) is 19.1 Å². The average Bonchev–Trinajstić information content (AvgIpc) is 2.89. The molecule has 4 saturated heterocycles. The fourth-order valence-corrected chi connectivity index (χ4v) is 7.34. The Morgan fingerprint density at radius 1 is 1.42 bits per heavy atom. The molecule has 4 atom stereocenters. The SMILES string of the molecule is CC(=O)OCC12SSC3(CC4=CC=CC(O)C4N3C1=O)C(=O)N2C. The molecule has 2 amide bonds. The molecule has 9 heteroatoms. The molecule has 4 fully saturated rings. The van der Waals surface area contributed by atoms with Crippen LogP contribution in [0.15, 0.2) is 23.8 Å². The van der Waals surface area contributed by atoms with Gasteiger partial charge in [-0.25, -0.2) is 0 Å². The fourth-order valence-electron chi connectivity index (χ4n) is 3.73. The molecule has 4 aliphatic heterocycles. The van der Waals surface area contributed by atoms with Crippen molar-refractivity contribution in [1.29, 1.82) is 0 Å². The Bertz CT molecular complexity index is 723. The third kappa shape index (κ3) is 1.77. The minimum Gasteiger partial charge on any atom is -0.462 e. The van der Waals surface area contributed by atoms with Gasteiger partial charge in [-0.2, -0.15) is 0 Å². The van der Waals surface area contributed by atoms with Crippen molar-refractivity contribution in [3.05, 3.63) is 23.8 Å². The Morgan fingerprint density at radius 2 is 2.17 bits per heavy atom. The monoisotopic (exact) mass is 368 g/mol. The molecule has 4 unspecified atom stereocenters. The van der Waals surface area contributed by atoms with Crippen LogP contribution in [0.25, 0.3) is 0 Å². The zero-order valence-corrected chi connectivity index (χ0v) is 14.7. The van der Waals surface area contributed by atoms with E-state index in [4.69, 9.17) is 4.74 Å². The smallest absolute Gasteiger partial charge is 0.302 e. The zero-order valence-electron chi connectivity index (χ0n) is 13.1. The first kappa shape index (κ1) is 16.0. The van der Waals surface area contributed by atoms with E-state index in [0.29, 0.717) is 6.42 Å². The van der Waals surface area contributed by atoms with E-state index < -0.39 is 27.9 Å². The van der Waals surface area contributed by atoms with Gasteiger partial charge in [0.25, 0.3) is 11.8 Å². The summed E-state index contributed by atoms with van der Waals surface area (Å²) in [6.07, 6.45) is 4.79. The lowest BCUT2D eigenvalue weighted by atomic mass is 9.97. The molecule has 0 aromatic heterocycles. The van der Waals surface area contributed by atoms with E-state index in [1.54, 1.807) is 19.2 Å². The van der Waals surface area contributed by atoms with E-state index in [-0.39, 0.29) is 18.4 Å². The Balaban J connectivity index is 1.80. The van der Waals surface area contributed by atoms with Crippen LogP contribution in [0.1, 0.15) is 13.3 Å². The molecule has 0 radical (unpaired) electrons. The number of piperazine rings is 1. The predicted molar refractivity (Wildman–Crippen MR) is 88.5 cm³/mol. The predicted octanol–water partition coefficient (Wildman–Crippen LogP) is 0.267. The number of ether oxygens (including phenoxy) is 1. The Morgan fingerprint density at radius 3 is 2.88 bits per heavy atom. The first-order chi connectivity index (χ1) is 11.3. The first-order valence-corrected chi connectivity index (χ1v) is 9.66. The summed E-state index contributed by atoms with van der Waals surface area (Å²) in [6, 6.07) is -0.537. The minimum atomic E-state index is -1.29. The summed E-state index contributed by atoms with van der Waals surface area (Å²) >= 11 is 0. The van der Waals surface area contributed by atoms with Crippen molar-refractivity contribution in [2.75, 3.05) is 13.7 Å². The molecule has 7 nitrogen and oxygen atoms in total. The van der Waals surface area contributed by atoms with Crippen LogP contribution in [0.2, 0.25) is 0 Å². The van der Waals surface area contributed by atoms with Gasteiger partial charge in [-0.3, -0.25) is 14.4 Å². The molecular weight excluding hydrogens is 352 g/mol. The molecule has 24 heavy (non-hydrogen) atoms. The van der Waals surface area contributed by atoms with Crippen molar-refractivity contribution >= 4 is 39.4 Å². The standard InChI is InChI=1S/C15H16N2O5S2/c1-8(18)22-7-15-13(21)17-11-9(4-3-5-10(11)19)6-14(17,23-24-15)12(20)16(15)2/h3-5,10-11,19H,6-7H2,1-2H3. The van der Waals surface area contributed by atoms with Crippen molar-refractivity contribution in [3.63, 3.8) is 0 Å². The highest BCUT2D eigenvalue weighted by molar-refractivity contribution is 8.78. The second kappa shape index (κ2) is 5.03. The Hall–Kier alpha value is -1.45. The van der Waals surface area contributed by atoms with Gasteiger partial charge in [0, 0.05) is 20.4 Å². The van der Waals surface area contributed by atoms with Crippen molar-refractivity contribution in [1.82, 2.24) is 9.80 Å². The van der Waals surface area contributed by atoms with Crippen molar-refractivity contribution in [3.8, 4) is 0 Å². The van der Waals surface area contributed by atoms with Crippen LogP contribution < -0.4 is 0 Å². The normalized spacial score (nSPS) is 39.7. The third-order valence-corrected chi connectivity index (χ3v) is 8.58. The second-order valence-corrected chi connectivity index (χ2v) is 8.98. The van der Waals surface area contributed by atoms with Gasteiger partial charge in [0.1, 0.15) is 6.61 Å². The zero-order chi connectivity index (χ0) is 17.3. The van der Waals surface area contributed by atoms with Gasteiger partial charge in [0.2, 0.25) is 4.87 Å². The van der Waals surface area contributed by atoms with Crippen LogP contribution in [0, 0.1) is 0 Å². The van der Waals surface area contributed by atoms with E-state index >= 15 is 0 Å². The van der Waals surface area contributed by atoms with Crippen molar-refractivity contribution in [2.24, 2.45) is 0 Å². The highest BCUT2D eigenvalue weighted by Crippen LogP contribution is 2.64. The molecule has 0 aromatic carbocycles. The maximum absolute atomic E-state index is 13.3. The van der Waals surface area contributed by atoms with Crippen molar-refractivity contribution in [2.45, 2.75) is 35.2 Å². The summed E-state index contributed by atoms with van der Waals surface area (Å²) in [6.45, 7) is 1.06. The summed E-state index contributed by atoms with van der Waals surface area (Å²) in [7, 11) is 4.16. The lowest BCUT2D eigenvalue weighted by Crippen LogP contribution is -2.77. The molecule has 1 N–H and O–H groups in total. The van der Waals surface area contributed by atoms with E-state index in [1.165, 1.54) is 38.3 Å². The number of fused-ring (bicyclic) bond motifs is 3. The number of carbonyl (C=O) groups is 3. The van der Waals surface area contributed by atoms with Crippen LogP contribution in [0.3, 0.4) is 0 Å². The number of nitrogens with zero attached hydrogens (tertiary/aromatic N) is 2. The largest absolute Gasteiger partial charge is 0.462 e. The molecule has 1 spiro atoms. The number of aliphatic hydroxyl groups is 1. The van der Waals surface area contributed by atoms with Gasteiger partial charge in [-0.15, -0.1) is 0 Å². The Labute approximate surface area is 146 Å². The highest BCUT2D eigenvalue weighted by atomic mass is 33.1. The summed E-state index contributed by atoms with van der Waals surface area (Å²) in [5.74, 6) is -0.994. The maximum Gasteiger partial charge on any atom is 0.302 e. The number of amides is 2. The number of hydrogen-bond acceptors (Lipinski definition) is 7. The molecule has 2 bridgehead atoms. The van der Waals surface area contributed by atoms with Crippen LogP contribution >= 0.6 is 21.6 Å². The van der Waals surface area contributed by atoms with E-state index in [9.17, 15) is 19.5 Å². The topological polar surface area (TPSA) is 87.1 Å². The van der Waals surface area contributed by atoms with Gasteiger partial charge in [0.15, 0.2) is 4.87 Å². The minimum absolute atomic E-state index is 0.194. The first-order valence-electron chi connectivity index (χ1n) is 7.51. The number of rotatable bonds is 2. The highest BCUT2D eigenvalue weighted by Gasteiger charge is 2.73. The number of esters is 1. The number of aliphatic hydroxyl groups excluding tert-OH is 1. The van der Waals surface area contributed by atoms with Gasteiger partial charge in [-0.1, -0.05) is 29.0 Å². The number of allylic oxidation sites excluding steroid dienone is 2. The quantitative estimate of drug-likeness (QED) is 0.553. The summed E-state index contributed by atoms with van der Waals surface area (Å²) < 4.78 is 5.09. The number of carbonyl (C=O) groups excluding carboxylic acids is 3. The Kier molecular flexibility index (Phi) is 3.36. The van der Waals surface area contributed by atoms with Gasteiger partial charge in [-0.05, 0) is 16.4 Å². The number of hydrogen-bond donors (Lipinski definition) is 1. The fraction of sp³-hybridized carbons (Fsp3) is 0.533. The summed E-state index contributed by atoms with van der Waals surface area (Å²) in [5, 5.41) is 10.4. The number of likely N-dealkylation sites (N-methyl/N-ethyl adjacent to an activating group) is 1. The maximum atomic E-state index is 13.3. The van der Waals surface area contributed by atoms with Gasteiger partial charge < -0.3 is 19.6 Å². The van der Waals surface area contributed by atoms with E-state index in [2.05, 4.69) is 0 Å². The molecule has 0 saturated carbocycles. The molecule has 5 aliphatic rings. The molecule has 0 aromatic rings. The third-order valence-electron chi connectivity index (χ3n) is 4.96. The lowest BCUT2D eigenvalue weighted by molar-refractivity contribution is -0.171.